The highest BCUT2D eigenvalue weighted by Gasteiger charge is 2.07. The standard InChI is InChI=1S/C20H22ClN5O2.HI/c1-3-18-25-19(28-26-18)14-6-4-13(5-7-14)10-11-23-20(22)24-15-8-9-17(27-2)16(21)12-15;/h4-9,12H,3,10-11H2,1-2H3,(H3,22,23,24);1H. The van der Waals surface area contributed by atoms with E-state index in [2.05, 4.69) is 20.4 Å². The smallest absolute Gasteiger partial charge is 0.257 e. The number of nitrogens with zero attached hydrogens (tertiary/aromatic N) is 3. The highest BCUT2D eigenvalue weighted by atomic mass is 127. The summed E-state index contributed by atoms with van der Waals surface area (Å²) < 4.78 is 10.4. The quantitative estimate of drug-likeness (QED) is 0.266. The summed E-state index contributed by atoms with van der Waals surface area (Å²) >= 11 is 6.10. The Hall–Kier alpha value is -2.33. The third kappa shape index (κ3) is 6.33. The van der Waals surface area contributed by atoms with Gasteiger partial charge in [0.15, 0.2) is 11.8 Å². The van der Waals surface area contributed by atoms with E-state index in [1.165, 1.54) is 0 Å². The van der Waals surface area contributed by atoms with Crippen molar-refractivity contribution in [1.29, 1.82) is 0 Å². The van der Waals surface area contributed by atoms with Gasteiger partial charge in [-0.15, -0.1) is 24.0 Å². The first-order chi connectivity index (χ1) is 13.6. The normalized spacial score (nSPS) is 11.1. The largest absolute Gasteiger partial charge is 0.495 e. The number of anilines is 1. The molecule has 0 unspecified atom stereocenters. The summed E-state index contributed by atoms with van der Waals surface area (Å²) in [6, 6.07) is 13.3. The zero-order valence-corrected chi connectivity index (χ0v) is 19.3. The molecule has 0 fully saturated rings. The first-order valence-electron chi connectivity index (χ1n) is 8.91. The number of halogens is 2. The van der Waals surface area contributed by atoms with Gasteiger partial charge in [0, 0.05) is 24.2 Å². The van der Waals surface area contributed by atoms with E-state index in [9.17, 15) is 0 Å². The topological polar surface area (TPSA) is 98.6 Å². The number of methoxy groups -OCH3 is 1. The van der Waals surface area contributed by atoms with E-state index in [4.69, 9.17) is 26.6 Å². The van der Waals surface area contributed by atoms with Gasteiger partial charge in [-0.2, -0.15) is 4.98 Å². The van der Waals surface area contributed by atoms with Gasteiger partial charge in [0.2, 0.25) is 0 Å². The second kappa shape index (κ2) is 11.0. The first kappa shape index (κ1) is 23.0. The number of ether oxygens (including phenoxy) is 1. The third-order valence-corrected chi connectivity index (χ3v) is 4.39. The van der Waals surface area contributed by atoms with Crippen molar-refractivity contribution in [2.24, 2.45) is 10.7 Å². The van der Waals surface area contributed by atoms with Crippen LogP contribution in [0.3, 0.4) is 0 Å². The Bertz CT molecular complexity index is 960. The minimum atomic E-state index is 0. The molecular formula is C20H23ClIN5O2. The van der Waals surface area contributed by atoms with Crippen LogP contribution < -0.4 is 15.8 Å². The van der Waals surface area contributed by atoms with E-state index in [1.54, 1.807) is 19.2 Å². The molecule has 0 aliphatic rings. The molecule has 0 spiro atoms. The minimum absolute atomic E-state index is 0. The third-order valence-electron chi connectivity index (χ3n) is 4.09. The van der Waals surface area contributed by atoms with Gasteiger partial charge >= 0.3 is 0 Å². The lowest BCUT2D eigenvalue weighted by Crippen LogP contribution is -2.23. The van der Waals surface area contributed by atoms with Crippen molar-refractivity contribution in [2.75, 3.05) is 19.0 Å². The number of nitrogens with two attached hydrogens (primary N) is 1. The van der Waals surface area contributed by atoms with Crippen LogP contribution in [0.25, 0.3) is 11.5 Å². The van der Waals surface area contributed by atoms with Crippen molar-refractivity contribution in [3.63, 3.8) is 0 Å². The highest BCUT2D eigenvalue weighted by molar-refractivity contribution is 14.0. The van der Waals surface area contributed by atoms with Gasteiger partial charge in [-0.05, 0) is 42.3 Å². The van der Waals surface area contributed by atoms with E-state index >= 15 is 0 Å². The Labute approximate surface area is 191 Å². The molecule has 0 saturated heterocycles. The lowest BCUT2D eigenvalue weighted by atomic mass is 10.1. The molecule has 3 aromatic rings. The first-order valence-corrected chi connectivity index (χ1v) is 9.29. The zero-order valence-electron chi connectivity index (χ0n) is 16.2. The van der Waals surface area contributed by atoms with Crippen LogP contribution in [0.2, 0.25) is 5.02 Å². The van der Waals surface area contributed by atoms with Gasteiger partial charge in [0.1, 0.15) is 5.75 Å². The maximum Gasteiger partial charge on any atom is 0.257 e. The Kier molecular flexibility index (Phi) is 8.71. The zero-order chi connectivity index (χ0) is 19.9. The van der Waals surface area contributed by atoms with Gasteiger partial charge in [0.25, 0.3) is 5.89 Å². The highest BCUT2D eigenvalue weighted by Crippen LogP contribution is 2.27. The molecule has 0 saturated carbocycles. The summed E-state index contributed by atoms with van der Waals surface area (Å²) in [5, 5.41) is 7.44. The molecule has 7 nitrogen and oxygen atoms in total. The molecule has 154 valence electrons. The van der Waals surface area contributed by atoms with Crippen molar-refractivity contribution in [2.45, 2.75) is 19.8 Å². The fourth-order valence-electron chi connectivity index (χ4n) is 2.57. The van der Waals surface area contributed by atoms with E-state index in [-0.39, 0.29) is 24.0 Å². The molecule has 2 aromatic carbocycles. The lowest BCUT2D eigenvalue weighted by molar-refractivity contribution is 0.415. The predicted molar refractivity (Wildman–Crippen MR) is 126 cm³/mol. The van der Waals surface area contributed by atoms with Gasteiger partial charge in [0.05, 0.1) is 12.1 Å². The van der Waals surface area contributed by atoms with Crippen LogP contribution in [0.15, 0.2) is 52.0 Å². The van der Waals surface area contributed by atoms with Gasteiger partial charge < -0.3 is 20.3 Å². The van der Waals surface area contributed by atoms with Crippen molar-refractivity contribution < 1.29 is 9.26 Å². The molecule has 3 rings (SSSR count). The SMILES string of the molecule is CCc1noc(-c2ccc(CCN=C(N)Nc3ccc(OC)c(Cl)c3)cc2)n1.I. The molecule has 0 atom stereocenters. The second-order valence-electron chi connectivity index (χ2n) is 6.06. The molecule has 3 N–H and O–H groups in total. The van der Waals surface area contributed by atoms with E-state index in [1.807, 2.05) is 37.3 Å². The number of guanidine groups is 1. The summed E-state index contributed by atoms with van der Waals surface area (Å²) in [6.45, 7) is 2.55. The Morgan fingerprint density at radius 3 is 2.62 bits per heavy atom. The van der Waals surface area contributed by atoms with Crippen LogP contribution in [0.1, 0.15) is 18.3 Å². The Morgan fingerprint density at radius 1 is 1.24 bits per heavy atom. The number of rotatable bonds is 7. The number of aromatic nitrogens is 2. The van der Waals surface area contributed by atoms with Crippen molar-refractivity contribution >= 4 is 47.2 Å². The monoisotopic (exact) mass is 527 g/mol. The molecular weight excluding hydrogens is 505 g/mol. The molecule has 29 heavy (non-hydrogen) atoms. The molecule has 1 heterocycles. The summed E-state index contributed by atoms with van der Waals surface area (Å²) in [5.74, 6) is 2.18. The fraction of sp³-hybridized carbons (Fsp3) is 0.250. The van der Waals surface area contributed by atoms with Crippen molar-refractivity contribution in [1.82, 2.24) is 10.1 Å². The summed E-state index contributed by atoms with van der Waals surface area (Å²) in [4.78, 5) is 8.68. The fourth-order valence-corrected chi connectivity index (χ4v) is 2.82. The molecule has 0 aliphatic carbocycles. The van der Waals surface area contributed by atoms with Crippen LogP contribution in [-0.2, 0) is 12.8 Å². The molecule has 0 bridgehead atoms. The Balaban J connectivity index is 0.00000300. The number of nitrogens with one attached hydrogen (secondary N) is 1. The molecule has 0 radical (unpaired) electrons. The van der Waals surface area contributed by atoms with E-state index in [0.29, 0.717) is 35.0 Å². The molecule has 9 heteroatoms. The van der Waals surface area contributed by atoms with Crippen LogP contribution in [-0.4, -0.2) is 29.8 Å². The van der Waals surface area contributed by atoms with E-state index in [0.717, 1.165) is 29.7 Å². The number of hydrogen-bond acceptors (Lipinski definition) is 5. The number of hydrogen-bond donors (Lipinski definition) is 2. The van der Waals surface area contributed by atoms with Crippen LogP contribution in [0.4, 0.5) is 5.69 Å². The van der Waals surface area contributed by atoms with Gasteiger partial charge in [-0.25, -0.2) is 0 Å². The molecule has 0 amide bonds. The number of aliphatic imine (C=N–C) groups is 1. The molecule has 1 aromatic heterocycles. The van der Waals surface area contributed by atoms with Crippen LogP contribution in [0, 0.1) is 0 Å². The Morgan fingerprint density at radius 2 is 2.00 bits per heavy atom. The number of benzene rings is 2. The predicted octanol–water partition coefficient (Wildman–Crippen LogP) is 4.55. The second-order valence-corrected chi connectivity index (χ2v) is 6.46. The van der Waals surface area contributed by atoms with Gasteiger partial charge in [-0.1, -0.05) is 35.8 Å². The summed E-state index contributed by atoms with van der Waals surface area (Å²) in [5.41, 5.74) is 8.74. The van der Waals surface area contributed by atoms with Crippen LogP contribution in [0.5, 0.6) is 5.75 Å². The average molecular weight is 528 g/mol. The van der Waals surface area contributed by atoms with Gasteiger partial charge in [-0.3, -0.25) is 4.99 Å². The van der Waals surface area contributed by atoms with Crippen molar-refractivity contribution in [3.8, 4) is 17.2 Å². The maximum atomic E-state index is 6.10. The van der Waals surface area contributed by atoms with E-state index < -0.39 is 0 Å². The summed E-state index contributed by atoms with van der Waals surface area (Å²) in [7, 11) is 1.57. The van der Waals surface area contributed by atoms with Crippen molar-refractivity contribution in [3.05, 3.63) is 58.9 Å². The van der Waals surface area contributed by atoms with Crippen LogP contribution >= 0.6 is 35.6 Å². The molecule has 0 aliphatic heterocycles. The average Bonchev–Trinajstić information content (AvgIpc) is 3.18. The number of aryl methyl sites for hydroxylation is 1. The summed E-state index contributed by atoms with van der Waals surface area (Å²) in [6.07, 6.45) is 1.51. The minimum Gasteiger partial charge on any atom is -0.495 e. The maximum absolute atomic E-state index is 6.10. The lowest BCUT2D eigenvalue weighted by Gasteiger charge is -2.08.